The summed E-state index contributed by atoms with van der Waals surface area (Å²) < 4.78 is 5.88. The van der Waals surface area contributed by atoms with Gasteiger partial charge in [-0.1, -0.05) is 45.9 Å². The van der Waals surface area contributed by atoms with Crippen molar-refractivity contribution in [2.45, 2.75) is 52.5 Å². The van der Waals surface area contributed by atoms with E-state index in [2.05, 4.69) is 51.2 Å². The first-order valence-corrected chi connectivity index (χ1v) is 7.06. The lowest BCUT2D eigenvalue weighted by atomic mass is 10.0. The van der Waals surface area contributed by atoms with Crippen LogP contribution in [0.1, 0.15) is 52.0 Å². The van der Waals surface area contributed by atoms with Crippen LogP contribution in [-0.2, 0) is 0 Å². The van der Waals surface area contributed by atoms with E-state index >= 15 is 0 Å². The molecule has 2 heteroatoms. The summed E-state index contributed by atoms with van der Waals surface area (Å²) in [6, 6.07) is 8.92. The third-order valence-electron chi connectivity index (χ3n) is 2.92. The van der Waals surface area contributed by atoms with E-state index in [4.69, 9.17) is 4.74 Å². The fourth-order valence-corrected chi connectivity index (χ4v) is 1.89. The molecule has 102 valence electrons. The van der Waals surface area contributed by atoms with E-state index in [1.807, 2.05) is 6.07 Å². The molecule has 0 saturated heterocycles. The van der Waals surface area contributed by atoms with Gasteiger partial charge in [-0.2, -0.15) is 0 Å². The van der Waals surface area contributed by atoms with Crippen molar-refractivity contribution >= 4 is 0 Å². The quantitative estimate of drug-likeness (QED) is 0.704. The van der Waals surface area contributed by atoms with E-state index in [0.717, 1.165) is 25.3 Å². The first-order chi connectivity index (χ1) is 8.61. The molecule has 1 aromatic rings. The molecule has 0 radical (unpaired) electrons. The Morgan fingerprint density at radius 1 is 1.06 bits per heavy atom. The minimum Gasteiger partial charge on any atom is -0.493 e. The van der Waals surface area contributed by atoms with Gasteiger partial charge in [0.15, 0.2) is 0 Å². The molecule has 0 spiro atoms. The summed E-state index contributed by atoms with van der Waals surface area (Å²) in [6.45, 7) is 10.6. The SMILES string of the molecule is CC(C)NCCCCOc1ccccc1C(C)C. The molecule has 0 aliphatic rings. The molecule has 0 aliphatic carbocycles. The molecule has 2 nitrogen and oxygen atoms in total. The molecule has 0 aromatic heterocycles. The molecule has 0 aliphatic heterocycles. The van der Waals surface area contributed by atoms with Crippen LogP contribution in [-0.4, -0.2) is 19.2 Å². The maximum absolute atomic E-state index is 5.88. The second kappa shape index (κ2) is 8.15. The fraction of sp³-hybridized carbons (Fsp3) is 0.625. The summed E-state index contributed by atoms with van der Waals surface area (Å²) in [5, 5.41) is 3.42. The van der Waals surface area contributed by atoms with Crippen molar-refractivity contribution in [1.29, 1.82) is 0 Å². The van der Waals surface area contributed by atoms with Gasteiger partial charge in [0.05, 0.1) is 6.61 Å². The molecule has 1 aromatic carbocycles. The van der Waals surface area contributed by atoms with Crippen molar-refractivity contribution in [2.24, 2.45) is 0 Å². The zero-order valence-electron chi connectivity index (χ0n) is 12.2. The number of rotatable bonds is 8. The highest BCUT2D eigenvalue weighted by atomic mass is 16.5. The predicted molar refractivity (Wildman–Crippen MR) is 78.4 cm³/mol. The van der Waals surface area contributed by atoms with Gasteiger partial charge in [0, 0.05) is 6.04 Å². The monoisotopic (exact) mass is 249 g/mol. The summed E-state index contributed by atoms with van der Waals surface area (Å²) in [7, 11) is 0. The molecule has 18 heavy (non-hydrogen) atoms. The van der Waals surface area contributed by atoms with E-state index < -0.39 is 0 Å². The van der Waals surface area contributed by atoms with Crippen LogP contribution >= 0.6 is 0 Å². The van der Waals surface area contributed by atoms with Gasteiger partial charge in [0.2, 0.25) is 0 Å². The Kier molecular flexibility index (Phi) is 6.81. The highest BCUT2D eigenvalue weighted by molar-refractivity contribution is 5.35. The predicted octanol–water partition coefficient (Wildman–Crippen LogP) is 3.97. The first kappa shape index (κ1) is 15.0. The summed E-state index contributed by atoms with van der Waals surface area (Å²) in [6.07, 6.45) is 2.27. The highest BCUT2D eigenvalue weighted by Gasteiger charge is 2.06. The van der Waals surface area contributed by atoms with Crippen LogP contribution in [0.5, 0.6) is 5.75 Å². The third kappa shape index (κ3) is 5.54. The number of hydrogen-bond donors (Lipinski definition) is 1. The van der Waals surface area contributed by atoms with E-state index in [9.17, 15) is 0 Å². The molecule has 0 amide bonds. The normalized spacial score (nSPS) is 11.2. The number of unbranched alkanes of at least 4 members (excludes halogenated alkanes) is 1. The molecule has 0 saturated carbocycles. The lowest BCUT2D eigenvalue weighted by Crippen LogP contribution is -2.23. The minimum absolute atomic E-state index is 0.517. The van der Waals surface area contributed by atoms with E-state index in [1.165, 1.54) is 12.0 Å². The Balaban J connectivity index is 2.27. The van der Waals surface area contributed by atoms with Crippen molar-refractivity contribution in [2.75, 3.05) is 13.2 Å². The minimum atomic E-state index is 0.517. The molecule has 0 unspecified atom stereocenters. The van der Waals surface area contributed by atoms with Crippen LogP contribution in [0.4, 0.5) is 0 Å². The Morgan fingerprint density at radius 2 is 1.78 bits per heavy atom. The lowest BCUT2D eigenvalue weighted by molar-refractivity contribution is 0.301. The van der Waals surface area contributed by atoms with Crippen LogP contribution in [0.15, 0.2) is 24.3 Å². The highest BCUT2D eigenvalue weighted by Crippen LogP contribution is 2.25. The zero-order chi connectivity index (χ0) is 13.4. The summed E-state index contributed by atoms with van der Waals surface area (Å²) in [5.41, 5.74) is 1.30. The van der Waals surface area contributed by atoms with Gasteiger partial charge >= 0.3 is 0 Å². The molecule has 0 heterocycles. The number of ether oxygens (including phenoxy) is 1. The van der Waals surface area contributed by atoms with Gasteiger partial charge in [-0.3, -0.25) is 0 Å². The third-order valence-corrected chi connectivity index (χ3v) is 2.92. The second-order valence-corrected chi connectivity index (χ2v) is 5.36. The maximum atomic E-state index is 5.88. The Hall–Kier alpha value is -1.02. The number of benzene rings is 1. The average molecular weight is 249 g/mol. The van der Waals surface area contributed by atoms with Crippen molar-refractivity contribution in [3.8, 4) is 5.75 Å². The summed E-state index contributed by atoms with van der Waals surface area (Å²) >= 11 is 0. The molecular formula is C16H27NO. The van der Waals surface area contributed by atoms with Gasteiger partial charge in [-0.15, -0.1) is 0 Å². The Morgan fingerprint density at radius 3 is 2.44 bits per heavy atom. The standard InChI is InChI=1S/C16H27NO/c1-13(2)15-9-5-6-10-16(15)18-12-8-7-11-17-14(3)4/h5-6,9-10,13-14,17H,7-8,11-12H2,1-4H3. The van der Waals surface area contributed by atoms with Crippen LogP contribution in [0.3, 0.4) is 0 Å². The van der Waals surface area contributed by atoms with Crippen LogP contribution in [0.25, 0.3) is 0 Å². The van der Waals surface area contributed by atoms with Crippen LogP contribution in [0, 0.1) is 0 Å². The summed E-state index contributed by atoms with van der Waals surface area (Å²) in [5.74, 6) is 1.56. The van der Waals surface area contributed by atoms with Gasteiger partial charge in [-0.25, -0.2) is 0 Å². The van der Waals surface area contributed by atoms with Crippen LogP contribution in [0.2, 0.25) is 0 Å². The molecular weight excluding hydrogens is 222 g/mol. The van der Waals surface area contributed by atoms with Crippen molar-refractivity contribution in [3.05, 3.63) is 29.8 Å². The van der Waals surface area contributed by atoms with Crippen molar-refractivity contribution in [1.82, 2.24) is 5.32 Å². The van der Waals surface area contributed by atoms with E-state index in [0.29, 0.717) is 12.0 Å². The van der Waals surface area contributed by atoms with Crippen molar-refractivity contribution in [3.63, 3.8) is 0 Å². The van der Waals surface area contributed by atoms with Gasteiger partial charge in [0.1, 0.15) is 5.75 Å². The summed E-state index contributed by atoms with van der Waals surface area (Å²) in [4.78, 5) is 0. The smallest absolute Gasteiger partial charge is 0.122 e. The molecule has 0 bridgehead atoms. The van der Waals surface area contributed by atoms with Gasteiger partial charge in [0.25, 0.3) is 0 Å². The number of nitrogens with one attached hydrogen (secondary N) is 1. The lowest BCUT2D eigenvalue weighted by Gasteiger charge is -2.14. The average Bonchev–Trinajstić information content (AvgIpc) is 2.33. The topological polar surface area (TPSA) is 21.3 Å². The largest absolute Gasteiger partial charge is 0.493 e. The number of para-hydroxylation sites is 1. The molecule has 0 fully saturated rings. The second-order valence-electron chi connectivity index (χ2n) is 5.36. The Labute approximate surface area is 112 Å². The number of hydrogen-bond acceptors (Lipinski definition) is 2. The van der Waals surface area contributed by atoms with Crippen LogP contribution < -0.4 is 10.1 Å². The molecule has 1 N–H and O–H groups in total. The van der Waals surface area contributed by atoms with E-state index in [-0.39, 0.29) is 0 Å². The molecule has 0 atom stereocenters. The Bertz CT molecular complexity index is 334. The van der Waals surface area contributed by atoms with Crippen molar-refractivity contribution < 1.29 is 4.74 Å². The first-order valence-electron chi connectivity index (χ1n) is 7.06. The fourth-order valence-electron chi connectivity index (χ4n) is 1.89. The maximum Gasteiger partial charge on any atom is 0.122 e. The zero-order valence-corrected chi connectivity index (χ0v) is 12.2. The molecule has 1 rings (SSSR count). The van der Waals surface area contributed by atoms with E-state index in [1.54, 1.807) is 0 Å². The van der Waals surface area contributed by atoms with Gasteiger partial charge < -0.3 is 10.1 Å². The van der Waals surface area contributed by atoms with Gasteiger partial charge in [-0.05, 0) is 36.9 Å².